The Morgan fingerprint density at radius 1 is 0.889 bits per heavy atom. The second-order valence-electron chi connectivity index (χ2n) is 3.46. The molecule has 0 amide bonds. The number of benzene rings is 2. The molecule has 0 aliphatic rings. The van der Waals surface area contributed by atoms with E-state index in [4.69, 9.17) is 10.5 Å². The summed E-state index contributed by atoms with van der Waals surface area (Å²) in [6, 6.07) is 4.33. The van der Waals surface area contributed by atoms with E-state index in [1.807, 2.05) is 0 Å². The summed E-state index contributed by atoms with van der Waals surface area (Å²) >= 11 is 0. The van der Waals surface area contributed by atoms with Crippen molar-refractivity contribution in [2.24, 2.45) is 0 Å². The van der Waals surface area contributed by atoms with Crippen molar-refractivity contribution in [3.8, 4) is 11.5 Å². The third-order valence-corrected chi connectivity index (χ3v) is 2.19. The number of rotatable bonds is 2. The lowest BCUT2D eigenvalue weighted by Gasteiger charge is -2.10. The summed E-state index contributed by atoms with van der Waals surface area (Å²) in [6.45, 7) is 0. The van der Waals surface area contributed by atoms with Crippen LogP contribution in [0.25, 0.3) is 0 Å². The zero-order valence-electron chi connectivity index (χ0n) is 8.88. The molecule has 2 aromatic rings. The lowest BCUT2D eigenvalue weighted by Crippen LogP contribution is -1.99. The minimum atomic E-state index is -1.33. The molecule has 2 aromatic carbocycles. The molecule has 2 N–H and O–H groups in total. The van der Waals surface area contributed by atoms with E-state index in [1.165, 1.54) is 0 Å². The second kappa shape index (κ2) is 4.56. The van der Waals surface area contributed by atoms with E-state index in [0.29, 0.717) is 6.07 Å². The predicted molar refractivity (Wildman–Crippen MR) is 57.2 cm³/mol. The molecule has 0 spiro atoms. The Labute approximate surface area is 99.6 Å². The molecule has 0 aromatic heterocycles. The number of nitrogens with two attached hydrogens (primary N) is 1. The highest BCUT2D eigenvalue weighted by molar-refractivity contribution is 5.54. The van der Waals surface area contributed by atoms with Crippen LogP contribution in [0.1, 0.15) is 0 Å². The summed E-state index contributed by atoms with van der Waals surface area (Å²) in [5.74, 6) is -5.46. The molecule has 0 bridgehead atoms. The van der Waals surface area contributed by atoms with Crippen LogP contribution in [0, 0.1) is 23.3 Å². The topological polar surface area (TPSA) is 35.2 Å². The van der Waals surface area contributed by atoms with Crippen LogP contribution in [0.3, 0.4) is 0 Å². The first-order chi connectivity index (χ1) is 8.49. The maximum absolute atomic E-state index is 13.4. The van der Waals surface area contributed by atoms with Gasteiger partial charge in [0.25, 0.3) is 0 Å². The molecule has 0 atom stereocenters. The summed E-state index contributed by atoms with van der Waals surface area (Å²) in [5, 5.41) is 0. The van der Waals surface area contributed by atoms with Crippen molar-refractivity contribution in [2.45, 2.75) is 0 Å². The van der Waals surface area contributed by atoms with Gasteiger partial charge in [-0.05, 0) is 24.3 Å². The molecule has 2 rings (SSSR count). The maximum Gasteiger partial charge on any atom is 0.203 e. The molecule has 18 heavy (non-hydrogen) atoms. The first-order valence-corrected chi connectivity index (χ1v) is 4.85. The Hall–Kier alpha value is -2.24. The van der Waals surface area contributed by atoms with E-state index < -0.39 is 34.8 Å². The van der Waals surface area contributed by atoms with Crippen LogP contribution in [-0.2, 0) is 0 Å². The van der Waals surface area contributed by atoms with Gasteiger partial charge < -0.3 is 10.5 Å². The molecule has 0 fully saturated rings. The van der Waals surface area contributed by atoms with Gasteiger partial charge in [-0.25, -0.2) is 13.2 Å². The molecule has 0 aliphatic heterocycles. The Kier molecular flexibility index (Phi) is 3.10. The van der Waals surface area contributed by atoms with Crippen LogP contribution >= 0.6 is 0 Å². The molecular formula is C12H7F4NO. The molecule has 6 heteroatoms. The van der Waals surface area contributed by atoms with Crippen LogP contribution < -0.4 is 10.5 Å². The van der Waals surface area contributed by atoms with Gasteiger partial charge in [0.05, 0.1) is 5.69 Å². The maximum atomic E-state index is 13.4. The quantitative estimate of drug-likeness (QED) is 0.658. The van der Waals surface area contributed by atoms with Crippen LogP contribution in [0.2, 0.25) is 0 Å². The van der Waals surface area contributed by atoms with E-state index >= 15 is 0 Å². The number of anilines is 1. The van der Waals surface area contributed by atoms with Gasteiger partial charge in [0.2, 0.25) is 5.82 Å². The van der Waals surface area contributed by atoms with Gasteiger partial charge in [0, 0.05) is 6.07 Å². The Morgan fingerprint density at radius 3 is 2.28 bits per heavy atom. The van der Waals surface area contributed by atoms with Crippen LogP contribution in [0.5, 0.6) is 11.5 Å². The summed E-state index contributed by atoms with van der Waals surface area (Å²) in [5.41, 5.74) is 5.19. The first kappa shape index (κ1) is 12.2. The number of hydrogen-bond acceptors (Lipinski definition) is 2. The highest BCUT2D eigenvalue weighted by Crippen LogP contribution is 2.33. The third kappa shape index (κ3) is 2.22. The van der Waals surface area contributed by atoms with Crippen LogP contribution in [0.15, 0.2) is 30.3 Å². The third-order valence-electron chi connectivity index (χ3n) is 2.19. The van der Waals surface area contributed by atoms with Gasteiger partial charge in [-0.1, -0.05) is 0 Å². The van der Waals surface area contributed by atoms with Crippen molar-refractivity contribution >= 4 is 5.69 Å². The van der Waals surface area contributed by atoms with Gasteiger partial charge in [0.15, 0.2) is 23.1 Å². The monoisotopic (exact) mass is 257 g/mol. The van der Waals surface area contributed by atoms with Crippen molar-refractivity contribution < 1.29 is 22.3 Å². The average Bonchev–Trinajstić information content (AvgIpc) is 2.32. The van der Waals surface area contributed by atoms with E-state index in [0.717, 1.165) is 24.3 Å². The molecule has 0 saturated carbocycles. The molecule has 94 valence electrons. The zero-order chi connectivity index (χ0) is 13.3. The minimum Gasteiger partial charge on any atom is -0.449 e. The molecule has 0 unspecified atom stereocenters. The molecule has 0 heterocycles. The standard InChI is InChI=1S/C12H7F4NO/c13-6-1-4-10(8(15)5-6)18-12-9(17)3-2-7(14)11(12)16/h1-5H,17H2. The number of hydrogen-bond donors (Lipinski definition) is 1. The van der Waals surface area contributed by atoms with Gasteiger partial charge in [-0.2, -0.15) is 4.39 Å². The normalized spacial score (nSPS) is 10.4. The summed E-state index contributed by atoms with van der Waals surface area (Å²) in [6.07, 6.45) is 0. The smallest absolute Gasteiger partial charge is 0.203 e. The zero-order valence-corrected chi connectivity index (χ0v) is 8.88. The van der Waals surface area contributed by atoms with Gasteiger partial charge in [0.1, 0.15) is 5.82 Å². The summed E-state index contributed by atoms with van der Waals surface area (Å²) < 4.78 is 57.1. The molecule has 0 saturated heterocycles. The number of nitrogen functional groups attached to an aromatic ring is 1. The number of halogens is 4. The van der Waals surface area contributed by atoms with Crippen molar-refractivity contribution in [3.05, 3.63) is 53.6 Å². The fraction of sp³-hybridized carbons (Fsp3) is 0. The first-order valence-electron chi connectivity index (χ1n) is 4.85. The van der Waals surface area contributed by atoms with Crippen LogP contribution in [0.4, 0.5) is 23.2 Å². The van der Waals surface area contributed by atoms with E-state index in [1.54, 1.807) is 0 Å². The Bertz CT molecular complexity index is 601. The van der Waals surface area contributed by atoms with Gasteiger partial charge >= 0.3 is 0 Å². The van der Waals surface area contributed by atoms with E-state index in [-0.39, 0.29) is 5.69 Å². The van der Waals surface area contributed by atoms with E-state index in [9.17, 15) is 17.6 Å². The predicted octanol–water partition coefficient (Wildman–Crippen LogP) is 3.62. The molecular weight excluding hydrogens is 250 g/mol. The Morgan fingerprint density at radius 2 is 1.61 bits per heavy atom. The lowest BCUT2D eigenvalue weighted by molar-refractivity contribution is 0.397. The average molecular weight is 257 g/mol. The summed E-state index contributed by atoms with van der Waals surface area (Å²) in [4.78, 5) is 0. The fourth-order valence-corrected chi connectivity index (χ4v) is 1.32. The van der Waals surface area contributed by atoms with Gasteiger partial charge in [-0.3, -0.25) is 0 Å². The molecule has 0 aliphatic carbocycles. The van der Waals surface area contributed by atoms with E-state index in [2.05, 4.69) is 0 Å². The largest absolute Gasteiger partial charge is 0.449 e. The lowest BCUT2D eigenvalue weighted by atomic mass is 10.2. The molecule has 0 radical (unpaired) electrons. The fourth-order valence-electron chi connectivity index (χ4n) is 1.32. The van der Waals surface area contributed by atoms with Crippen molar-refractivity contribution in [2.75, 3.05) is 5.73 Å². The highest BCUT2D eigenvalue weighted by atomic mass is 19.2. The minimum absolute atomic E-state index is 0.197. The SMILES string of the molecule is Nc1ccc(F)c(F)c1Oc1ccc(F)cc1F. The second-order valence-corrected chi connectivity index (χ2v) is 3.46. The molecule has 2 nitrogen and oxygen atoms in total. The van der Waals surface area contributed by atoms with Crippen molar-refractivity contribution in [1.82, 2.24) is 0 Å². The van der Waals surface area contributed by atoms with Crippen LogP contribution in [-0.4, -0.2) is 0 Å². The van der Waals surface area contributed by atoms with Crippen molar-refractivity contribution in [1.29, 1.82) is 0 Å². The summed E-state index contributed by atoms with van der Waals surface area (Å²) in [7, 11) is 0. The highest BCUT2D eigenvalue weighted by Gasteiger charge is 2.16. The van der Waals surface area contributed by atoms with Gasteiger partial charge in [-0.15, -0.1) is 0 Å². The van der Waals surface area contributed by atoms with Crippen molar-refractivity contribution in [3.63, 3.8) is 0 Å². The number of ether oxygens (including phenoxy) is 1. The Balaban J connectivity index is 2.43.